The Morgan fingerprint density at radius 2 is 1.62 bits per heavy atom. The third-order valence-electron chi connectivity index (χ3n) is 3.44. The van der Waals surface area contributed by atoms with Crippen LogP contribution in [0.15, 0.2) is 59.0 Å². The molecule has 0 aliphatic carbocycles. The molecule has 0 saturated heterocycles. The first-order valence-electron chi connectivity index (χ1n) is 7.13. The van der Waals surface area contributed by atoms with Crippen molar-refractivity contribution in [2.24, 2.45) is 5.73 Å². The number of amides is 1. The molecule has 0 bridgehead atoms. The Balaban J connectivity index is 1.64. The molecule has 3 aromatic rings. The summed E-state index contributed by atoms with van der Waals surface area (Å²) in [6, 6.07) is 14.5. The third-order valence-corrected chi connectivity index (χ3v) is 3.44. The Hall–Kier alpha value is -3.41. The number of primary amides is 1. The minimum Gasteiger partial charge on any atom is -0.454 e. The predicted molar refractivity (Wildman–Crippen MR) is 85.8 cm³/mol. The van der Waals surface area contributed by atoms with Crippen LogP contribution in [0.4, 0.5) is 0 Å². The van der Waals surface area contributed by atoms with E-state index in [9.17, 15) is 14.4 Å². The average Bonchev–Trinajstić information content (AvgIpc) is 3.03. The Kier molecular flexibility index (Phi) is 4.11. The van der Waals surface area contributed by atoms with Crippen molar-refractivity contribution in [3.8, 4) is 0 Å². The van der Waals surface area contributed by atoms with E-state index in [0.717, 1.165) is 5.39 Å². The number of hydrogen-bond acceptors (Lipinski definition) is 5. The van der Waals surface area contributed by atoms with E-state index in [1.54, 1.807) is 18.2 Å². The van der Waals surface area contributed by atoms with Gasteiger partial charge in [0.15, 0.2) is 12.4 Å². The Morgan fingerprint density at radius 1 is 0.958 bits per heavy atom. The van der Waals surface area contributed by atoms with Gasteiger partial charge in [-0.3, -0.25) is 9.59 Å². The Labute approximate surface area is 136 Å². The number of ketones is 1. The summed E-state index contributed by atoms with van der Waals surface area (Å²) in [5, 5.41) is 0.800. The first kappa shape index (κ1) is 15.5. The topological polar surface area (TPSA) is 99.6 Å². The molecule has 1 heterocycles. The molecular formula is C18H13NO5. The number of benzene rings is 2. The summed E-state index contributed by atoms with van der Waals surface area (Å²) in [5.74, 6) is -1.56. The highest BCUT2D eigenvalue weighted by Crippen LogP contribution is 2.19. The summed E-state index contributed by atoms with van der Waals surface area (Å²) in [6.45, 7) is -0.434. The van der Waals surface area contributed by atoms with Crippen LogP contribution < -0.4 is 5.73 Å². The highest BCUT2D eigenvalue weighted by Gasteiger charge is 2.16. The Morgan fingerprint density at radius 3 is 2.29 bits per heavy atom. The SMILES string of the molecule is NC(=O)c1ccc(C(=O)OCC(=O)c2cc3ccccc3o2)cc1. The molecule has 6 heteroatoms. The molecule has 0 saturated carbocycles. The normalized spacial score (nSPS) is 10.5. The minimum absolute atomic E-state index is 0.132. The molecule has 120 valence electrons. The fourth-order valence-electron chi connectivity index (χ4n) is 2.18. The van der Waals surface area contributed by atoms with Gasteiger partial charge in [-0.25, -0.2) is 4.79 Å². The van der Waals surface area contributed by atoms with Crippen LogP contribution in [0.1, 0.15) is 31.3 Å². The summed E-state index contributed by atoms with van der Waals surface area (Å²) in [6.07, 6.45) is 0. The fourth-order valence-corrected chi connectivity index (χ4v) is 2.18. The highest BCUT2D eigenvalue weighted by molar-refractivity contribution is 6.00. The standard InChI is InChI=1S/C18H13NO5/c19-17(21)11-5-7-12(8-6-11)18(22)23-10-14(20)16-9-13-3-1-2-4-15(13)24-16/h1-9H,10H2,(H2,19,21). The first-order valence-corrected chi connectivity index (χ1v) is 7.13. The van der Waals surface area contributed by atoms with Gasteiger partial charge in [0.1, 0.15) is 5.58 Å². The average molecular weight is 323 g/mol. The van der Waals surface area contributed by atoms with Crippen LogP contribution in [0.2, 0.25) is 0 Å². The van der Waals surface area contributed by atoms with Gasteiger partial charge in [0.05, 0.1) is 5.56 Å². The van der Waals surface area contributed by atoms with Crippen molar-refractivity contribution >= 4 is 28.6 Å². The van der Waals surface area contributed by atoms with Gasteiger partial charge >= 0.3 is 5.97 Å². The van der Waals surface area contributed by atoms with Gasteiger partial charge < -0.3 is 14.9 Å². The maximum absolute atomic E-state index is 12.1. The van der Waals surface area contributed by atoms with Gasteiger partial charge in [0.2, 0.25) is 11.7 Å². The molecule has 6 nitrogen and oxygen atoms in total. The van der Waals surface area contributed by atoms with Gasteiger partial charge in [-0.1, -0.05) is 18.2 Å². The number of ether oxygens (including phenoxy) is 1. The molecule has 1 aromatic heterocycles. The molecular weight excluding hydrogens is 310 g/mol. The molecule has 0 atom stereocenters. The molecule has 3 rings (SSSR count). The van der Waals surface area contributed by atoms with Gasteiger partial charge in [0.25, 0.3) is 0 Å². The zero-order chi connectivity index (χ0) is 17.1. The molecule has 0 aliphatic rings. The van der Waals surface area contributed by atoms with Crippen molar-refractivity contribution in [1.29, 1.82) is 0 Å². The number of nitrogens with two attached hydrogens (primary N) is 1. The fraction of sp³-hybridized carbons (Fsp3) is 0.0556. The van der Waals surface area contributed by atoms with Crippen LogP contribution in [-0.2, 0) is 4.74 Å². The van der Waals surface area contributed by atoms with Gasteiger partial charge in [-0.2, -0.15) is 0 Å². The number of hydrogen-bond donors (Lipinski definition) is 1. The molecule has 24 heavy (non-hydrogen) atoms. The lowest BCUT2D eigenvalue weighted by Crippen LogP contribution is -2.14. The molecule has 1 amide bonds. The Bertz CT molecular complexity index is 891. The second-order valence-electron chi connectivity index (χ2n) is 5.09. The van der Waals surface area contributed by atoms with Crippen molar-refractivity contribution < 1.29 is 23.5 Å². The number of para-hydroxylation sites is 1. The van der Waals surface area contributed by atoms with E-state index in [-0.39, 0.29) is 16.9 Å². The molecule has 0 radical (unpaired) electrons. The largest absolute Gasteiger partial charge is 0.454 e. The zero-order valence-electron chi connectivity index (χ0n) is 12.5. The number of carbonyl (C=O) groups is 3. The summed E-state index contributed by atoms with van der Waals surface area (Å²) in [7, 11) is 0. The minimum atomic E-state index is -0.671. The number of rotatable bonds is 5. The summed E-state index contributed by atoms with van der Waals surface area (Å²) in [4.78, 5) is 35.0. The van der Waals surface area contributed by atoms with E-state index in [1.807, 2.05) is 12.1 Å². The summed E-state index contributed by atoms with van der Waals surface area (Å²) >= 11 is 0. The van der Waals surface area contributed by atoms with Crippen LogP contribution in [0.5, 0.6) is 0 Å². The zero-order valence-corrected chi connectivity index (χ0v) is 12.5. The summed E-state index contributed by atoms with van der Waals surface area (Å²) < 4.78 is 10.4. The van der Waals surface area contributed by atoms with E-state index >= 15 is 0 Å². The van der Waals surface area contributed by atoms with Crippen LogP contribution >= 0.6 is 0 Å². The predicted octanol–water partition coefficient (Wildman–Crippen LogP) is 2.57. The number of fused-ring (bicyclic) bond motifs is 1. The van der Waals surface area contributed by atoms with Gasteiger partial charge in [-0.05, 0) is 36.4 Å². The van der Waals surface area contributed by atoms with E-state index in [4.69, 9.17) is 14.9 Å². The monoisotopic (exact) mass is 323 g/mol. The molecule has 0 fully saturated rings. The number of Topliss-reactive ketones (excluding diaryl/α,β-unsaturated/α-hetero) is 1. The van der Waals surface area contributed by atoms with Crippen molar-refractivity contribution in [3.05, 3.63) is 71.5 Å². The van der Waals surface area contributed by atoms with Crippen LogP contribution in [0.3, 0.4) is 0 Å². The van der Waals surface area contributed by atoms with Crippen molar-refractivity contribution in [2.75, 3.05) is 6.61 Å². The molecule has 0 aliphatic heterocycles. The second kappa shape index (κ2) is 6.37. The van der Waals surface area contributed by atoms with E-state index in [1.165, 1.54) is 24.3 Å². The van der Waals surface area contributed by atoms with E-state index in [0.29, 0.717) is 5.58 Å². The molecule has 0 unspecified atom stereocenters. The number of esters is 1. The van der Waals surface area contributed by atoms with E-state index in [2.05, 4.69) is 0 Å². The third kappa shape index (κ3) is 3.17. The quantitative estimate of drug-likeness (QED) is 0.574. The maximum atomic E-state index is 12.1. The lowest BCUT2D eigenvalue weighted by molar-refractivity contribution is 0.0468. The number of furan rings is 1. The van der Waals surface area contributed by atoms with Crippen LogP contribution in [0, 0.1) is 0 Å². The van der Waals surface area contributed by atoms with Crippen LogP contribution in [0.25, 0.3) is 11.0 Å². The second-order valence-corrected chi connectivity index (χ2v) is 5.09. The molecule has 2 N–H and O–H groups in total. The van der Waals surface area contributed by atoms with Crippen molar-refractivity contribution in [1.82, 2.24) is 0 Å². The smallest absolute Gasteiger partial charge is 0.338 e. The van der Waals surface area contributed by atoms with Crippen molar-refractivity contribution in [2.45, 2.75) is 0 Å². The van der Waals surface area contributed by atoms with E-state index < -0.39 is 24.3 Å². The summed E-state index contributed by atoms with van der Waals surface area (Å²) in [5.41, 5.74) is 6.22. The lowest BCUT2D eigenvalue weighted by atomic mass is 10.1. The molecule has 0 spiro atoms. The number of carbonyl (C=O) groups excluding carboxylic acids is 3. The highest BCUT2D eigenvalue weighted by atomic mass is 16.5. The van der Waals surface area contributed by atoms with Gasteiger partial charge in [0, 0.05) is 10.9 Å². The van der Waals surface area contributed by atoms with Gasteiger partial charge in [-0.15, -0.1) is 0 Å². The van der Waals surface area contributed by atoms with Crippen LogP contribution in [-0.4, -0.2) is 24.3 Å². The maximum Gasteiger partial charge on any atom is 0.338 e. The van der Waals surface area contributed by atoms with Crippen molar-refractivity contribution in [3.63, 3.8) is 0 Å². The lowest BCUT2D eigenvalue weighted by Gasteiger charge is -2.03. The molecule has 2 aromatic carbocycles. The first-order chi connectivity index (χ1) is 11.5.